The van der Waals surface area contributed by atoms with Crippen LogP contribution in [-0.4, -0.2) is 31.9 Å². The second-order valence-electron chi connectivity index (χ2n) is 4.68. The number of sulfonamides is 1. The lowest BCUT2D eigenvalue weighted by molar-refractivity contribution is 0.392. The molecule has 1 fully saturated rings. The van der Waals surface area contributed by atoms with Gasteiger partial charge in [0.2, 0.25) is 10.0 Å². The molecule has 20 heavy (non-hydrogen) atoms. The third kappa shape index (κ3) is 3.17. The van der Waals surface area contributed by atoms with E-state index in [0.29, 0.717) is 18.7 Å². The van der Waals surface area contributed by atoms with Crippen molar-refractivity contribution in [3.63, 3.8) is 0 Å². The lowest BCUT2D eigenvalue weighted by atomic mass is 10.2. The third-order valence-corrected chi connectivity index (χ3v) is 6.10. The Bertz CT molecular complexity index is 597. The highest BCUT2D eigenvalue weighted by Crippen LogP contribution is 2.30. The van der Waals surface area contributed by atoms with Crippen LogP contribution in [0.15, 0.2) is 21.5 Å². The van der Waals surface area contributed by atoms with Gasteiger partial charge in [-0.25, -0.2) is 12.8 Å². The highest BCUT2D eigenvalue weighted by atomic mass is 79.9. The fourth-order valence-electron chi connectivity index (χ4n) is 2.39. The predicted molar refractivity (Wildman–Crippen MR) is 82.1 cm³/mol. The van der Waals surface area contributed by atoms with Crippen LogP contribution in [0.4, 0.5) is 4.39 Å². The Morgan fingerprint density at radius 2 is 2.15 bits per heavy atom. The van der Waals surface area contributed by atoms with E-state index in [2.05, 4.69) is 15.9 Å². The molecule has 1 saturated heterocycles. The molecule has 2 rings (SSSR count). The Morgan fingerprint density at radius 1 is 1.50 bits per heavy atom. The van der Waals surface area contributed by atoms with Gasteiger partial charge in [-0.2, -0.15) is 4.31 Å². The molecule has 4 nitrogen and oxygen atoms in total. The van der Waals surface area contributed by atoms with Gasteiger partial charge in [-0.05, 0) is 53.4 Å². The van der Waals surface area contributed by atoms with Crippen LogP contribution >= 0.6 is 28.3 Å². The monoisotopic (exact) mass is 386 g/mol. The lowest BCUT2D eigenvalue weighted by Crippen LogP contribution is -2.40. The maximum absolute atomic E-state index is 13.4. The van der Waals surface area contributed by atoms with Crippen LogP contribution < -0.4 is 5.73 Å². The van der Waals surface area contributed by atoms with Crippen molar-refractivity contribution in [2.45, 2.75) is 30.7 Å². The quantitative estimate of drug-likeness (QED) is 0.866. The molecule has 1 aromatic carbocycles. The Hall–Kier alpha value is -0.210. The Labute approximate surface area is 133 Å². The highest BCUT2D eigenvalue weighted by Gasteiger charge is 2.35. The van der Waals surface area contributed by atoms with Crippen LogP contribution in [0.1, 0.15) is 18.4 Å². The third-order valence-electron chi connectivity index (χ3n) is 3.40. The van der Waals surface area contributed by atoms with Crippen molar-refractivity contribution >= 4 is 38.4 Å². The van der Waals surface area contributed by atoms with Crippen LogP contribution in [0, 0.1) is 12.7 Å². The molecule has 1 heterocycles. The summed E-state index contributed by atoms with van der Waals surface area (Å²) in [6.45, 7) is 2.37. The van der Waals surface area contributed by atoms with Crippen molar-refractivity contribution in [2.75, 3.05) is 13.1 Å². The first-order valence-corrected chi connectivity index (χ1v) is 8.28. The molecule has 1 aliphatic heterocycles. The molecule has 0 bridgehead atoms. The summed E-state index contributed by atoms with van der Waals surface area (Å²) in [4.78, 5) is 0.140. The van der Waals surface area contributed by atoms with Crippen LogP contribution in [-0.2, 0) is 10.0 Å². The van der Waals surface area contributed by atoms with Gasteiger partial charge in [0.1, 0.15) is 5.82 Å². The van der Waals surface area contributed by atoms with Gasteiger partial charge in [0.15, 0.2) is 0 Å². The van der Waals surface area contributed by atoms with Crippen molar-refractivity contribution in [3.8, 4) is 0 Å². The van der Waals surface area contributed by atoms with E-state index >= 15 is 0 Å². The molecule has 8 heteroatoms. The lowest BCUT2D eigenvalue weighted by Gasteiger charge is -2.23. The molecule has 0 aromatic heterocycles. The highest BCUT2D eigenvalue weighted by molar-refractivity contribution is 9.10. The SMILES string of the molecule is Cc1cc(F)c(Br)cc1S(=O)(=O)N1CCCC1CN.Cl. The van der Waals surface area contributed by atoms with E-state index in [1.807, 2.05) is 0 Å². The summed E-state index contributed by atoms with van der Waals surface area (Å²) < 4.78 is 40.2. The van der Waals surface area contributed by atoms with Crippen molar-refractivity contribution in [2.24, 2.45) is 5.73 Å². The van der Waals surface area contributed by atoms with E-state index in [4.69, 9.17) is 5.73 Å². The Morgan fingerprint density at radius 3 is 2.75 bits per heavy atom. The maximum atomic E-state index is 13.4. The van der Waals surface area contributed by atoms with Gasteiger partial charge in [0.05, 0.1) is 9.37 Å². The maximum Gasteiger partial charge on any atom is 0.243 e. The minimum atomic E-state index is -3.61. The number of rotatable bonds is 3. The normalized spacial score (nSPS) is 19.9. The first kappa shape index (κ1) is 17.8. The summed E-state index contributed by atoms with van der Waals surface area (Å²) in [5.74, 6) is -0.465. The number of benzene rings is 1. The molecule has 2 N–H and O–H groups in total. The fraction of sp³-hybridized carbons (Fsp3) is 0.500. The van der Waals surface area contributed by atoms with Crippen LogP contribution in [0.25, 0.3) is 0 Å². The molecule has 1 aromatic rings. The van der Waals surface area contributed by atoms with E-state index in [1.54, 1.807) is 6.92 Å². The minimum absolute atomic E-state index is 0. The zero-order valence-corrected chi connectivity index (χ0v) is 14.2. The number of halogens is 3. The topological polar surface area (TPSA) is 63.4 Å². The molecule has 114 valence electrons. The molecule has 0 spiro atoms. The fourth-order valence-corrected chi connectivity index (χ4v) is 4.83. The van der Waals surface area contributed by atoms with Crippen molar-refractivity contribution < 1.29 is 12.8 Å². The zero-order valence-electron chi connectivity index (χ0n) is 11.0. The van der Waals surface area contributed by atoms with Gasteiger partial charge in [-0.1, -0.05) is 0 Å². The predicted octanol–water partition coefficient (Wildman–Crippen LogP) is 2.43. The van der Waals surface area contributed by atoms with Gasteiger partial charge < -0.3 is 5.73 Å². The Kier molecular flexibility index (Phi) is 5.98. The zero-order chi connectivity index (χ0) is 14.2. The average molecular weight is 388 g/mol. The molecule has 1 unspecified atom stereocenters. The summed E-state index contributed by atoms with van der Waals surface area (Å²) in [6, 6.07) is 2.39. The molecule has 0 saturated carbocycles. The molecule has 0 amide bonds. The number of nitrogens with two attached hydrogens (primary N) is 1. The van der Waals surface area contributed by atoms with Gasteiger partial charge in [-0.15, -0.1) is 12.4 Å². The number of aryl methyl sites for hydroxylation is 1. The Balaban J connectivity index is 0.00000200. The molecule has 1 atom stereocenters. The second kappa shape index (κ2) is 6.70. The molecule has 1 aliphatic rings. The van der Waals surface area contributed by atoms with E-state index in [-0.39, 0.29) is 27.8 Å². The number of nitrogens with zero attached hydrogens (tertiary/aromatic N) is 1. The van der Waals surface area contributed by atoms with Gasteiger partial charge in [0, 0.05) is 19.1 Å². The number of hydrogen-bond donors (Lipinski definition) is 1. The van der Waals surface area contributed by atoms with E-state index in [1.165, 1.54) is 16.4 Å². The minimum Gasteiger partial charge on any atom is -0.329 e. The summed E-state index contributed by atoms with van der Waals surface area (Å²) in [6.07, 6.45) is 1.58. The van der Waals surface area contributed by atoms with Crippen LogP contribution in [0.2, 0.25) is 0 Å². The largest absolute Gasteiger partial charge is 0.329 e. The van der Waals surface area contributed by atoms with Gasteiger partial charge in [-0.3, -0.25) is 0 Å². The first-order chi connectivity index (χ1) is 8.87. The van der Waals surface area contributed by atoms with E-state index in [0.717, 1.165) is 12.8 Å². The average Bonchev–Trinajstić information content (AvgIpc) is 2.82. The molecular formula is C12H17BrClFN2O2S. The summed E-state index contributed by atoms with van der Waals surface area (Å²) >= 11 is 3.03. The summed E-state index contributed by atoms with van der Waals surface area (Å²) in [5, 5.41) is 0. The van der Waals surface area contributed by atoms with Crippen molar-refractivity contribution in [1.82, 2.24) is 4.31 Å². The standard InChI is InChI=1S/C12H16BrFN2O2S.ClH/c1-8-5-11(14)10(13)6-12(8)19(17,18)16-4-2-3-9(16)7-15;/h5-6,9H,2-4,7,15H2,1H3;1H. The molecule has 0 aliphatic carbocycles. The van der Waals surface area contributed by atoms with Crippen molar-refractivity contribution in [1.29, 1.82) is 0 Å². The van der Waals surface area contributed by atoms with Crippen LogP contribution in [0.5, 0.6) is 0 Å². The van der Waals surface area contributed by atoms with Gasteiger partial charge in [0.25, 0.3) is 0 Å². The first-order valence-electron chi connectivity index (χ1n) is 6.05. The van der Waals surface area contributed by atoms with Crippen LogP contribution in [0.3, 0.4) is 0 Å². The molecule has 0 radical (unpaired) electrons. The van der Waals surface area contributed by atoms with E-state index < -0.39 is 15.8 Å². The molecular weight excluding hydrogens is 371 g/mol. The summed E-state index contributed by atoms with van der Waals surface area (Å²) in [7, 11) is -3.61. The smallest absolute Gasteiger partial charge is 0.243 e. The second-order valence-corrected chi connectivity index (χ2v) is 7.39. The van der Waals surface area contributed by atoms with Gasteiger partial charge >= 0.3 is 0 Å². The summed E-state index contributed by atoms with van der Waals surface area (Å²) in [5.41, 5.74) is 6.02. The van der Waals surface area contributed by atoms with E-state index in [9.17, 15) is 12.8 Å². The van der Waals surface area contributed by atoms with Crippen molar-refractivity contribution in [3.05, 3.63) is 28.0 Å². The number of hydrogen-bond acceptors (Lipinski definition) is 3.